The van der Waals surface area contributed by atoms with E-state index in [0.29, 0.717) is 5.76 Å². The Labute approximate surface area is 129 Å². The van der Waals surface area contributed by atoms with Gasteiger partial charge in [0, 0.05) is 29.8 Å². The SMILES string of the molecule is CC#Cn1ccc(=O)c2c3cc(C)oc3c(=O)cc(C(=O)O)c21. The van der Waals surface area contributed by atoms with E-state index in [1.807, 2.05) is 0 Å². The summed E-state index contributed by atoms with van der Waals surface area (Å²) in [5.74, 6) is 1.79. The minimum absolute atomic E-state index is 0.0423. The molecule has 0 unspecified atom stereocenters. The van der Waals surface area contributed by atoms with E-state index in [2.05, 4.69) is 12.0 Å². The molecule has 3 rings (SSSR count). The Bertz CT molecular complexity index is 1160. The molecule has 6 heteroatoms. The number of nitrogens with zero attached hydrogens (tertiary/aromatic N) is 1. The predicted molar refractivity (Wildman–Crippen MR) is 84.8 cm³/mol. The summed E-state index contributed by atoms with van der Waals surface area (Å²) in [4.78, 5) is 36.3. The number of hydrogen-bond acceptors (Lipinski definition) is 4. The largest absolute Gasteiger partial charge is 0.478 e. The molecule has 0 aliphatic carbocycles. The molecule has 1 N–H and O–H groups in total. The van der Waals surface area contributed by atoms with Crippen molar-refractivity contribution in [1.29, 1.82) is 0 Å². The summed E-state index contributed by atoms with van der Waals surface area (Å²) in [5.41, 5.74) is -1.27. The van der Waals surface area contributed by atoms with Crippen LogP contribution < -0.4 is 10.9 Å². The van der Waals surface area contributed by atoms with E-state index in [9.17, 15) is 19.5 Å². The first-order chi connectivity index (χ1) is 10.9. The summed E-state index contributed by atoms with van der Waals surface area (Å²) in [6.45, 7) is 3.24. The summed E-state index contributed by atoms with van der Waals surface area (Å²) >= 11 is 0. The Morgan fingerprint density at radius 1 is 1.26 bits per heavy atom. The Kier molecular flexibility index (Phi) is 3.26. The van der Waals surface area contributed by atoms with Crippen molar-refractivity contribution in [2.45, 2.75) is 13.8 Å². The lowest BCUT2D eigenvalue weighted by atomic mass is 10.1. The Morgan fingerprint density at radius 3 is 2.65 bits per heavy atom. The fourth-order valence-corrected chi connectivity index (χ4v) is 2.59. The third-order valence-corrected chi connectivity index (χ3v) is 3.44. The molecule has 0 aliphatic rings. The highest BCUT2D eigenvalue weighted by Crippen LogP contribution is 2.24. The van der Waals surface area contributed by atoms with Gasteiger partial charge in [-0.1, -0.05) is 5.92 Å². The molecule has 0 radical (unpaired) electrons. The number of fused-ring (bicyclic) bond motifs is 3. The first-order valence-electron chi connectivity index (χ1n) is 6.73. The fourth-order valence-electron chi connectivity index (χ4n) is 2.59. The molecular weight excluding hydrogens is 298 g/mol. The number of carboxylic acid groups (broad SMARTS) is 1. The van der Waals surface area contributed by atoms with Crippen molar-refractivity contribution in [3.05, 3.63) is 56.2 Å². The number of hydrogen-bond donors (Lipinski definition) is 1. The number of carboxylic acids is 1. The maximum atomic E-state index is 12.4. The van der Waals surface area contributed by atoms with Crippen LogP contribution in [0.1, 0.15) is 23.0 Å². The van der Waals surface area contributed by atoms with E-state index in [1.54, 1.807) is 19.9 Å². The molecule has 3 aromatic rings. The molecule has 2 heterocycles. The third kappa shape index (κ3) is 2.19. The van der Waals surface area contributed by atoms with E-state index >= 15 is 0 Å². The van der Waals surface area contributed by atoms with Crippen LogP contribution in [0.2, 0.25) is 0 Å². The zero-order valence-corrected chi connectivity index (χ0v) is 12.3. The van der Waals surface area contributed by atoms with E-state index in [0.717, 1.165) is 6.07 Å². The van der Waals surface area contributed by atoms with Gasteiger partial charge < -0.3 is 9.52 Å². The molecule has 6 nitrogen and oxygen atoms in total. The van der Waals surface area contributed by atoms with Crippen molar-refractivity contribution in [3.8, 4) is 12.0 Å². The zero-order valence-electron chi connectivity index (χ0n) is 12.3. The maximum Gasteiger partial charge on any atom is 0.338 e. The van der Waals surface area contributed by atoms with Crippen LogP contribution in [-0.4, -0.2) is 15.6 Å². The molecule has 114 valence electrons. The van der Waals surface area contributed by atoms with Gasteiger partial charge in [-0.2, -0.15) is 0 Å². The summed E-state index contributed by atoms with van der Waals surface area (Å²) in [5, 5.41) is 9.85. The van der Waals surface area contributed by atoms with Crippen LogP contribution in [-0.2, 0) is 0 Å². The Morgan fingerprint density at radius 2 is 2.00 bits per heavy atom. The molecule has 0 saturated heterocycles. The second kappa shape index (κ2) is 5.14. The molecule has 1 aromatic carbocycles. The van der Waals surface area contributed by atoms with Gasteiger partial charge in [-0.25, -0.2) is 4.79 Å². The van der Waals surface area contributed by atoms with Gasteiger partial charge in [0.25, 0.3) is 0 Å². The number of aromatic carboxylic acids is 1. The van der Waals surface area contributed by atoms with Crippen molar-refractivity contribution in [3.63, 3.8) is 0 Å². The van der Waals surface area contributed by atoms with Crippen molar-refractivity contribution < 1.29 is 14.3 Å². The summed E-state index contributed by atoms with van der Waals surface area (Å²) in [7, 11) is 0. The molecular formula is C17H11NO5. The summed E-state index contributed by atoms with van der Waals surface area (Å²) in [6.07, 6.45) is 1.39. The van der Waals surface area contributed by atoms with Gasteiger partial charge in [-0.3, -0.25) is 14.2 Å². The molecule has 23 heavy (non-hydrogen) atoms. The van der Waals surface area contributed by atoms with Crippen LogP contribution in [0.3, 0.4) is 0 Å². The van der Waals surface area contributed by atoms with Gasteiger partial charge in [0.05, 0.1) is 16.5 Å². The number of carbonyl (C=O) groups is 1. The van der Waals surface area contributed by atoms with E-state index < -0.39 is 16.8 Å². The van der Waals surface area contributed by atoms with Crippen molar-refractivity contribution in [2.75, 3.05) is 0 Å². The Hall–Kier alpha value is -3.33. The second-order valence-corrected chi connectivity index (χ2v) is 4.96. The maximum absolute atomic E-state index is 12.4. The first kappa shape index (κ1) is 14.6. The molecule has 0 aliphatic heterocycles. The molecule has 0 bridgehead atoms. The molecule has 0 atom stereocenters. The monoisotopic (exact) mass is 309 g/mol. The van der Waals surface area contributed by atoms with Crippen LogP contribution in [0, 0.1) is 18.9 Å². The van der Waals surface area contributed by atoms with Crippen LogP contribution in [0.25, 0.3) is 21.9 Å². The molecule has 0 fully saturated rings. The Balaban J connectivity index is 2.83. The zero-order chi connectivity index (χ0) is 16.7. The van der Waals surface area contributed by atoms with Gasteiger partial charge in [0.2, 0.25) is 5.43 Å². The minimum Gasteiger partial charge on any atom is -0.478 e. The number of furan rings is 1. The molecule has 0 amide bonds. The third-order valence-electron chi connectivity index (χ3n) is 3.44. The standard InChI is InChI=1S/C17H11NO5/c1-3-5-18-6-4-12(19)14-10-7-9(2)23-16(10)13(20)8-11(15(14)18)17(21)22/h4,6-8H,1-2H3,(H,21,22). The molecule has 2 aromatic heterocycles. The molecule has 0 spiro atoms. The molecule has 0 saturated carbocycles. The number of rotatable bonds is 1. The average Bonchev–Trinajstić information content (AvgIpc) is 2.82. The van der Waals surface area contributed by atoms with Gasteiger partial charge in [-0.05, 0) is 19.9 Å². The van der Waals surface area contributed by atoms with Gasteiger partial charge in [0.1, 0.15) is 5.76 Å². The average molecular weight is 309 g/mol. The van der Waals surface area contributed by atoms with E-state index in [1.165, 1.54) is 16.8 Å². The smallest absolute Gasteiger partial charge is 0.338 e. The second-order valence-electron chi connectivity index (χ2n) is 4.96. The van der Waals surface area contributed by atoms with Crippen LogP contribution in [0.5, 0.6) is 0 Å². The summed E-state index contributed by atoms with van der Waals surface area (Å²) in [6, 6.07) is 6.50. The van der Waals surface area contributed by atoms with Gasteiger partial charge in [0.15, 0.2) is 11.0 Å². The number of aromatic nitrogens is 1. The highest BCUT2D eigenvalue weighted by atomic mass is 16.4. The minimum atomic E-state index is -1.32. The van der Waals surface area contributed by atoms with Crippen molar-refractivity contribution in [2.24, 2.45) is 0 Å². The van der Waals surface area contributed by atoms with Crippen LogP contribution >= 0.6 is 0 Å². The highest BCUT2D eigenvalue weighted by molar-refractivity contribution is 6.10. The lowest BCUT2D eigenvalue weighted by molar-refractivity contribution is 0.0698. The topological polar surface area (TPSA) is 89.5 Å². The summed E-state index contributed by atoms with van der Waals surface area (Å²) < 4.78 is 6.70. The lowest BCUT2D eigenvalue weighted by Gasteiger charge is -2.04. The van der Waals surface area contributed by atoms with Crippen molar-refractivity contribution >= 4 is 27.8 Å². The van der Waals surface area contributed by atoms with Crippen LogP contribution in [0.4, 0.5) is 0 Å². The van der Waals surface area contributed by atoms with Gasteiger partial charge >= 0.3 is 5.97 Å². The van der Waals surface area contributed by atoms with E-state index in [4.69, 9.17) is 4.42 Å². The normalized spacial score (nSPS) is 10.5. The number of aryl methyl sites for hydroxylation is 1. The van der Waals surface area contributed by atoms with Crippen molar-refractivity contribution in [1.82, 2.24) is 4.57 Å². The first-order valence-corrected chi connectivity index (χ1v) is 6.73. The van der Waals surface area contributed by atoms with Crippen LogP contribution in [0.15, 0.2) is 38.4 Å². The number of pyridine rings is 1. The van der Waals surface area contributed by atoms with E-state index in [-0.39, 0.29) is 27.4 Å². The lowest BCUT2D eigenvalue weighted by Crippen LogP contribution is -2.09. The van der Waals surface area contributed by atoms with Gasteiger partial charge in [-0.15, -0.1) is 0 Å². The predicted octanol–water partition coefficient (Wildman–Crippen LogP) is 1.94. The highest BCUT2D eigenvalue weighted by Gasteiger charge is 2.18. The fraction of sp³-hybridized carbons (Fsp3) is 0.118. The quantitative estimate of drug-likeness (QED) is 0.694.